The van der Waals surface area contributed by atoms with E-state index >= 15 is 0 Å². The van der Waals surface area contributed by atoms with Crippen LogP contribution in [0.4, 0.5) is 0 Å². The fraction of sp³-hybridized carbons (Fsp3) is 0.571. The Hall–Kier alpha value is -1.65. The smallest absolute Gasteiger partial charge is 0.120 e. The zero-order valence-corrected chi connectivity index (χ0v) is 15.2. The van der Waals surface area contributed by atoms with Gasteiger partial charge in [-0.1, -0.05) is 13.3 Å². The molecule has 3 aliphatic rings. The number of piperidine rings is 3. The Morgan fingerprint density at radius 2 is 2.20 bits per heavy atom. The van der Waals surface area contributed by atoms with Crippen molar-refractivity contribution in [1.82, 2.24) is 9.88 Å². The molecule has 0 aliphatic carbocycles. The third kappa shape index (κ3) is 3.02. The number of aromatic nitrogens is 1. The van der Waals surface area contributed by atoms with Crippen molar-refractivity contribution in [3.63, 3.8) is 0 Å². The highest BCUT2D eigenvalue weighted by atomic mass is 16.5. The van der Waals surface area contributed by atoms with Gasteiger partial charge in [-0.3, -0.25) is 9.88 Å². The third-order valence-corrected chi connectivity index (χ3v) is 6.20. The van der Waals surface area contributed by atoms with Crippen LogP contribution in [0.1, 0.15) is 44.8 Å². The van der Waals surface area contributed by atoms with Gasteiger partial charge in [0.15, 0.2) is 0 Å². The van der Waals surface area contributed by atoms with Crippen molar-refractivity contribution in [3.05, 3.63) is 36.0 Å². The molecule has 3 saturated heterocycles. The zero-order chi connectivity index (χ0) is 17.4. The molecule has 25 heavy (non-hydrogen) atoms. The standard InChI is InChI=1S/C21H28N2O2/c1-3-14-13-23-10-8-15(14)11-20(23)21(24)17-7-9-22-19-6-5-16(25-4-2)12-18(17)19/h5-7,9,12,14-15,20-21,24H,3-4,8,10-11,13H2,1-2H3/t14-,15+,20?,21+/m0/s1. The van der Waals surface area contributed by atoms with E-state index in [0.717, 1.165) is 53.6 Å². The summed E-state index contributed by atoms with van der Waals surface area (Å²) in [7, 11) is 0. The van der Waals surface area contributed by atoms with Gasteiger partial charge in [-0.2, -0.15) is 0 Å². The molecule has 2 unspecified atom stereocenters. The molecule has 3 aliphatic heterocycles. The minimum absolute atomic E-state index is 0.225. The Kier molecular flexibility index (Phi) is 4.65. The quantitative estimate of drug-likeness (QED) is 0.899. The van der Waals surface area contributed by atoms with E-state index in [1.165, 1.54) is 12.8 Å². The first-order chi connectivity index (χ1) is 12.2. The van der Waals surface area contributed by atoms with E-state index in [4.69, 9.17) is 4.74 Å². The SMILES string of the molecule is CCOc1ccc2nccc([C@@H](O)C3C[C@H]4CCN3C[C@@H]4CC)c2c1. The molecule has 0 spiro atoms. The molecule has 5 atom stereocenters. The summed E-state index contributed by atoms with van der Waals surface area (Å²) in [5.41, 5.74) is 1.90. The molecule has 1 aromatic carbocycles. The fourth-order valence-corrected chi connectivity index (χ4v) is 4.84. The number of fused-ring (bicyclic) bond motifs is 4. The van der Waals surface area contributed by atoms with Crippen molar-refractivity contribution in [1.29, 1.82) is 0 Å². The summed E-state index contributed by atoms with van der Waals surface area (Å²) in [5.74, 6) is 2.41. The van der Waals surface area contributed by atoms with Crippen LogP contribution in [0.25, 0.3) is 10.9 Å². The lowest BCUT2D eigenvalue weighted by Crippen LogP contribution is -2.55. The van der Waals surface area contributed by atoms with E-state index in [1.54, 1.807) is 0 Å². The number of aliphatic hydroxyl groups is 1. The van der Waals surface area contributed by atoms with Crippen LogP contribution in [0.2, 0.25) is 0 Å². The predicted octanol–water partition coefficient (Wildman–Crippen LogP) is 3.79. The lowest BCUT2D eigenvalue weighted by Gasteiger charge is -2.51. The maximum absolute atomic E-state index is 11.2. The largest absolute Gasteiger partial charge is 0.494 e. The summed E-state index contributed by atoms with van der Waals surface area (Å²) in [5, 5.41) is 12.2. The highest BCUT2D eigenvalue weighted by molar-refractivity contribution is 5.83. The predicted molar refractivity (Wildman–Crippen MR) is 99.7 cm³/mol. The van der Waals surface area contributed by atoms with Crippen LogP contribution >= 0.6 is 0 Å². The van der Waals surface area contributed by atoms with Gasteiger partial charge in [0.2, 0.25) is 0 Å². The van der Waals surface area contributed by atoms with Crippen LogP contribution < -0.4 is 4.74 Å². The Morgan fingerprint density at radius 3 is 2.92 bits per heavy atom. The molecule has 2 bridgehead atoms. The van der Waals surface area contributed by atoms with Crippen molar-refractivity contribution in [2.45, 2.75) is 45.3 Å². The molecule has 4 nitrogen and oxygen atoms in total. The molecule has 134 valence electrons. The summed E-state index contributed by atoms with van der Waals surface area (Å²) in [4.78, 5) is 6.98. The van der Waals surface area contributed by atoms with E-state index in [2.05, 4.69) is 16.8 Å². The Balaban J connectivity index is 1.66. The molecular formula is C21H28N2O2. The van der Waals surface area contributed by atoms with Crippen LogP contribution in [0, 0.1) is 11.8 Å². The van der Waals surface area contributed by atoms with Crippen LogP contribution in [0.15, 0.2) is 30.5 Å². The van der Waals surface area contributed by atoms with Gasteiger partial charge in [-0.05, 0) is 68.0 Å². The first-order valence-electron chi connectivity index (χ1n) is 9.64. The number of aliphatic hydroxyl groups excluding tert-OH is 1. The molecule has 1 aromatic heterocycles. The second kappa shape index (κ2) is 6.93. The second-order valence-corrected chi connectivity index (χ2v) is 7.47. The van der Waals surface area contributed by atoms with Gasteiger partial charge >= 0.3 is 0 Å². The van der Waals surface area contributed by atoms with Gasteiger partial charge in [0.25, 0.3) is 0 Å². The number of ether oxygens (including phenoxy) is 1. The molecule has 5 rings (SSSR count). The maximum atomic E-state index is 11.2. The molecule has 3 fully saturated rings. The van der Waals surface area contributed by atoms with Gasteiger partial charge in [0, 0.05) is 24.2 Å². The normalized spacial score (nSPS) is 29.7. The summed E-state index contributed by atoms with van der Waals surface area (Å²) in [6, 6.07) is 8.16. The third-order valence-electron chi connectivity index (χ3n) is 6.20. The summed E-state index contributed by atoms with van der Waals surface area (Å²) < 4.78 is 5.65. The van der Waals surface area contributed by atoms with E-state index in [1.807, 2.05) is 37.4 Å². The molecule has 4 heterocycles. The molecule has 2 aromatic rings. The number of pyridine rings is 1. The number of hydrogen-bond acceptors (Lipinski definition) is 4. The van der Waals surface area contributed by atoms with Gasteiger partial charge in [-0.15, -0.1) is 0 Å². The first kappa shape index (κ1) is 16.8. The lowest BCUT2D eigenvalue weighted by atomic mass is 9.72. The Morgan fingerprint density at radius 1 is 1.32 bits per heavy atom. The van der Waals surface area contributed by atoms with Crippen LogP contribution in [-0.2, 0) is 0 Å². The van der Waals surface area contributed by atoms with Crippen molar-refractivity contribution < 1.29 is 9.84 Å². The van der Waals surface area contributed by atoms with Crippen LogP contribution in [0.5, 0.6) is 5.75 Å². The molecule has 0 radical (unpaired) electrons. The lowest BCUT2D eigenvalue weighted by molar-refractivity contribution is -0.0562. The molecule has 0 saturated carbocycles. The monoisotopic (exact) mass is 340 g/mol. The van der Waals surface area contributed by atoms with Gasteiger partial charge in [0.05, 0.1) is 18.2 Å². The van der Waals surface area contributed by atoms with E-state index in [-0.39, 0.29) is 6.04 Å². The van der Waals surface area contributed by atoms with Crippen molar-refractivity contribution in [2.75, 3.05) is 19.7 Å². The highest BCUT2D eigenvalue weighted by Crippen LogP contribution is 2.42. The van der Waals surface area contributed by atoms with Gasteiger partial charge in [-0.25, -0.2) is 0 Å². The van der Waals surface area contributed by atoms with E-state index in [0.29, 0.717) is 6.61 Å². The number of hydrogen-bond donors (Lipinski definition) is 1. The molecule has 4 heteroatoms. The summed E-state index contributed by atoms with van der Waals surface area (Å²) in [6.45, 7) is 7.18. The van der Waals surface area contributed by atoms with E-state index < -0.39 is 6.10 Å². The molecular weight excluding hydrogens is 312 g/mol. The van der Waals surface area contributed by atoms with Gasteiger partial charge < -0.3 is 9.84 Å². The zero-order valence-electron chi connectivity index (χ0n) is 15.2. The summed E-state index contributed by atoms with van der Waals surface area (Å²) in [6.07, 6.45) is 4.98. The van der Waals surface area contributed by atoms with Crippen molar-refractivity contribution in [2.24, 2.45) is 11.8 Å². The topological polar surface area (TPSA) is 45.6 Å². The second-order valence-electron chi connectivity index (χ2n) is 7.47. The molecule has 1 N–H and O–H groups in total. The van der Waals surface area contributed by atoms with Crippen LogP contribution in [0.3, 0.4) is 0 Å². The number of benzene rings is 1. The maximum Gasteiger partial charge on any atom is 0.120 e. The molecule has 0 amide bonds. The number of nitrogens with zero attached hydrogens (tertiary/aromatic N) is 2. The number of rotatable bonds is 5. The highest BCUT2D eigenvalue weighted by Gasteiger charge is 2.42. The summed E-state index contributed by atoms with van der Waals surface area (Å²) >= 11 is 0. The van der Waals surface area contributed by atoms with Gasteiger partial charge in [0.1, 0.15) is 5.75 Å². The average molecular weight is 340 g/mol. The Labute approximate surface area is 149 Å². The minimum atomic E-state index is -0.469. The average Bonchev–Trinajstić information content (AvgIpc) is 2.67. The fourth-order valence-electron chi connectivity index (χ4n) is 4.84. The Bertz CT molecular complexity index is 748. The van der Waals surface area contributed by atoms with Crippen molar-refractivity contribution >= 4 is 10.9 Å². The van der Waals surface area contributed by atoms with E-state index in [9.17, 15) is 5.11 Å². The van der Waals surface area contributed by atoms with Crippen molar-refractivity contribution in [3.8, 4) is 5.75 Å². The van der Waals surface area contributed by atoms with Crippen LogP contribution in [-0.4, -0.2) is 40.7 Å². The first-order valence-corrected chi connectivity index (χ1v) is 9.64. The minimum Gasteiger partial charge on any atom is -0.494 e.